The van der Waals surface area contributed by atoms with E-state index in [2.05, 4.69) is 5.32 Å². The molecule has 8 heteroatoms. The van der Waals surface area contributed by atoms with E-state index in [0.717, 1.165) is 0 Å². The molecular weight excluding hydrogens is 464 g/mol. The van der Waals surface area contributed by atoms with E-state index < -0.39 is 0 Å². The molecule has 0 aliphatic heterocycles. The molecule has 1 amide bonds. The largest absolute Gasteiger partial charge is 0.428 e. The maximum atomic E-state index is 12.9. The van der Waals surface area contributed by atoms with E-state index in [1.165, 1.54) is 24.0 Å². The Morgan fingerprint density at radius 1 is 0.914 bits per heavy atom. The average Bonchev–Trinajstić information content (AvgIpc) is 2.86. The summed E-state index contributed by atoms with van der Waals surface area (Å²) in [6.45, 7) is 1.47. The van der Waals surface area contributed by atoms with Gasteiger partial charge in [-0.1, -0.05) is 36.4 Å². The second-order valence-electron chi connectivity index (χ2n) is 7.81. The van der Waals surface area contributed by atoms with E-state index in [1.807, 2.05) is 0 Å². The van der Waals surface area contributed by atoms with Crippen LogP contribution in [0.5, 0.6) is 0 Å². The molecule has 3 aromatic rings. The quantitative estimate of drug-likeness (QED) is 0.194. The zero-order valence-corrected chi connectivity index (χ0v) is 19.7. The topological polar surface area (TPSA) is 92.8 Å². The molecule has 0 heterocycles. The number of aldehydes is 1. The van der Waals surface area contributed by atoms with Crippen molar-refractivity contribution in [1.29, 1.82) is 0 Å². The summed E-state index contributed by atoms with van der Waals surface area (Å²) in [5.41, 5.74) is 3.15. The second-order valence-corrected chi connectivity index (χ2v) is 8.18. The third-order valence-corrected chi connectivity index (χ3v) is 5.75. The number of hydrogen-bond donors (Lipinski definition) is 1. The van der Waals surface area contributed by atoms with Gasteiger partial charge in [0.2, 0.25) is 5.91 Å². The van der Waals surface area contributed by atoms with Crippen molar-refractivity contribution in [2.75, 3.05) is 17.3 Å². The molecule has 3 aromatic carbocycles. The van der Waals surface area contributed by atoms with Crippen molar-refractivity contribution >= 4 is 58.6 Å². The Balaban J connectivity index is 1.48. The molecule has 0 aromatic heterocycles. The number of amides is 1. The van der Waals surface area contributed by atoms with E-state index in [0.29, 0.717) is 39.9 Å². The summed E-state index contributed by atoms with van der Waals surface area (Å²) in [5.74, 6) is -0.599. The Kier molecular flexibility index (Phi) is 6.66. The predicted octanol–water partition coefficient (Wildman–Crippen LogP) is 4.40. The van der Waals surface area contributed by atoms with Crippen LogP contribution < -0.4 is 10.2 Å². The highest BCUT2D eigenvalue weighted by molar-refractivity contribution is 7.80. The third kappa shape index (κ3) is 4.92. The van der Waals surface area contributed by atoms with Crippen LogP contribution in [0.1, 0.15) is 44.3 Å². The van der Waals surface area contributed by atoms with Gasteiger partial charge in [0.25, 0.3) is 5.17 Å². The summed E-state index contributed by atoms with van der Waals surface area (Å²) in [6.07, 6.45) is 2.03. The first-order valence-corrected chi connectivity index (χ1v) is 11.0. The van der Waals surface area contributed by atoms with Crippen LogP contribution in [0.15, 0.2) is 72.5 Å². The predicted molar refractivity (Wildman–Crippen MR) is 137 cm³/mol. The van der Waals surface area contributed by atoms with Gasteiger partial charge in [-0.3, -0.25) is 19.2 Å². The number of anilines is 2. The van der Waals surface area contributed by atoms with Crippen LogP contribution in [0, 0.1) is 0 Å². The number of ether oxygens (including phenoxy) is 1. The Morgan fingerprint density at radius 3 is 2.11 bits per heavy atom. The van der Waals surface area contributed by atoms with E-state index in [4.69, 9.17) is 17.0 Å². The Bertz CT molecular complexity index is 1410. The number of ketones is 2. The van der Waals surface area contributed by atoms with Crippen molar-refractivity contribution in [2.45, 2.75) is 6.92 Å². The van der Waals surface area contributed by atoms with Gasteiger partial charge in [-0.25, -0.2) is 0 Å². The lowest BCUT2D eigenvalue weighted by Crippen LogP contribution is -2.22. The first-order chi connectivity index (χ1) is 16.8. The Hall–Kier alpha value is -4.43. The molecular formula is C27H20N2O5S. The zero-order valence-electron chi connectivity index (χ0n) is 18.9. The summed E-state index contributed by atoms with van der Waals surface area (Å²) < 4.78 is 5.47. The van der Waals surface area contributed by atoms with Gasteiger partial charge in [0.05, 0.1) is 0 Å². The number of thiocarbonyl (C=S) groups is 1. The van der Waals surface area contributed by atoms with Gasteiger partial charge in [0.15, 0.2) is 23.6 Å². The summed E-state index contributed by atoms with van der Waals surface area (Å²) in [7, 11) is 1.67. The maximum absolute atomic E-state index is 12.9. The van der Waals surface area contributed by atoms with Crippen LogP contribution in [-0.4, -0.2) is 36.0 Å². The standard InChI is InChI=1S/C27H20N2O5S/c1-16(31)29(2)19-10-7-17(8-11-19)13-20(15-30)34-27(35)28-18-9-12-23-24(14-18)26(33)22-6-4-3-5-21(22)25(23)32/h3-15H,1-2H3,(H,28,35)/b20-13+. The molecule has 0 unspecified atom stereocenters. The number of benzene rings is 3. The number of rotatable bonds is 5. The number of allylic oxidation sites excluding steroid dienone is 1. The second kappa shape index (κ2) is 9.82. The number of fused-ring (bicyclic) bond motifs is 2. The van der Waals surface area contributed by atoms with Crippen molar-refractivity contribution < 1.29 is 23.9 Å². The minimum atomic E-state index is -0.252. The lowest BCUT2D eigenvalue weighted by molar-refractivity contribution is -0.116. The fraction of sp³-hybridized carbons (Fsp3) is 0.0741. The molecule has 1 N–H and O–H groups in total. The van der Waals surface area contributed by atoms with Gasteiger partial charge >= 0.3 is 0 Å². The van der Waals surface area contributed by atoms with Crippen molar-refractivity contribution in [3.8, 4) is 0 Å². The van der Waals surface area contributed by atoms with Gasteiger partial charge in [-0.05, 0) is 54.2 Å². The number of nitrogens with one attached hydrogen (secondary N) is 1. The van der Waals surface area contributed by atoms with Gasteiger partial charge in [0.1, 0.15) is 0 Å². The Morgan fingerprint density at radius 2 is 1.51 bits per heavy atom. The lowest BCUT2D eigenvalue weighted by Gasteiger charge is -2.18. The lowest BCUT2D eigenvalue weighted by atomic mass is 9.84. The number of carbonyl (C=O) groups is 4. The molecule has 174 valence electrons. The van der Waals surface area contributed by atoms with Crippen molar-refractivity contribution in [3.05, 3.63) is 100 Å². The highest BCUT2D eigenvalue weighted by Gasteiger charge is 2.29. The van der Waals surface area contributed by atoms with Crippen LogP contribution in [-0.2, 0) is 14.3 Å². The minimum absolute atomic E-state index is 0.0340. The number of nitrogens with zero attached hydrogens (tertiary/aromatic N) is 1. The highest BCUT2D eigenvalue weighted by atomic mass is 32.1. The molecule has 0 spiro atoms. The van der Waals surface area contributed by atoms with Crippen LogP contribution >= 0.6 is 12.2 Å². The summed E-state index contributed by atoms with van der Waals surface area (Å²) in [5, 5.41) is 2.73. The van der Waals surface area contributed by atoms with E-state index in [1.54, 1.807) is 67.7 Å². The van der Waals surface area contributed by atoms with Gasteiger partial charge in [-0.15, -0.1) is 0 Å². The van der Waals surface area contributed by atoms with E-state index >= 15 is 0 Å². The highest BCUT2D eigenvalue weighted by Crippen LogP contribution is 2.29. The van der Waals surface area contributed by atoms with Gasteiger partial charge in [0, 0.05) is 47.6 Å². The molecule has 4 rings (SSSR count). The molecule has 0 fully saturated rings. The van der Waals surface area contributed by atoms with Crippen LogP contribution in [0.2, 0.25) is 0 Å². The fourth-order valence-corrected chi connectivity index (χ4v) is 3.87. The van der Waals surface area contributed by atoms with Crippen molar-refractivity contribution in [2.24, 2.45) is 0 Å². The molecule has 0 bridgehead atoms. The average molecular weight is 485 g/mol. The van der Waals surface area contributed by atoms with Crippen LogP contribution in [0.3, 0.4) is 0 Å². The number of carbonyl (C=O) groups excluding carboxylic acids is 4. The molecule has 1 aliphatic rings. The molecule has 35 heavy (non-hydrogen) atoms. The van der Waals surface area contributed by atoms with Gasteiger partial charge < -0.3 is 15.0 Å². The fourth-order valence-electron chi connectivity index (χ4n) is 3.66. The smallest absolute Gasteiger partial charge is 0.266 e. The molecule has 7 nitrogen and oxygen atoms in total. The first kappa shape index (κ1) is 23.7. The number of hydrogen-bond acceptors (Lipinski definition) is 6. The van der Waals surface area contributed by atoms with E-state index in [-0.39, 0.29) is 34.0 Å². The van der Waals surface area contributed by atoms with Crippen molar-refractivity contribution in [1.82, 2.24) is 0 Å². The summed E-state index contributed by atoms with van der Waals surface area (Å²) in [4.78, 5) is 50.2. The monoisotopic (exact) mass is 484 g/mol. The summed E-state index contributed by atoms with van der Waals surface area (Å²) >= 11 is 5.22. The first-order valence-electron chi connectivity index (χ1n) is 10.6. The summed E-state index contributed by atoms with van der Waals surface area (Å²) in [6, 6.07) is 18.4. The van der Waals surface area contributed by atoms with Crippen LogP contribution in [0.4, 0.5) is 11.4 Å². The SMILES string of the molecule is CC(=O)N(C)c1ccc(/C=C(\C=O)OC(=S)Nc2ccc3c(c2)C(=O)c2ccccc2C3=O)cc1. The van der Waals surface area contributed by atoms with Gasteiger partial charge in [-0.2, -0.15) is 0 Å². The molecule has 0 atom stereocenters. The molecule has 0 radical (unpaired) electrons. The minimum Gasteiger partial charge on any atom is -0.428 e. The normalized spacial score (nSPS) is 12.3. The molecule has 0 saturated heterocycles. The maximum Gasteiger partial charge on any atom is 0.266 e. The molecule has 1 aliphatic carbocycles. The zero-order chi connectivity index (χ0) is 25.1. The molecule has 0 saturated carbocycles. The van der Waals surface area contributed by atoms with Crippen molar-refractivity contribution in [3.63, 3.8) is 0 Å². The third-order valence-electron chi connectivity index (χ3n) is 5.56. The van der Waals surface area contributed by atoms with Crippen LogP contribution in [0.25, 0.3) is 6.08 Å². The Labute approximate surface area is 207 Å². The van der Waals surface area contributed by atoms with E-state index in [9.17, 15) is 19.2 Å².